The molecular weight excluding hydrogens is 200 g/mol. The molecule has 0 amide bonds. The molecule has 5 heteroatoms. The van der Waals surface area contributed by atoms with Crippen molar-refractivity contribution in [3.8, 4) is 0 Å². The summed E-state index contributed by atoms with van der Waals surface area (Å²) in [6, 6.07) is 0. The molecule has 0 radical (unpaired) electrons. The van der Waals surface area contributed by atoms with Crippen LogP contribution in [0.4, 0.5) is 0 Å². The zero-order valence-corrected chi connectivity index (χ0v) is 3.87. The van der Waals surface area contributed by atoms with Crippen LogP contribution in [0.2, 0.25) is 0 Å². The predicted molar refractivity (Wildman–Crippen MR) is 33.0 cm³/mol. The van der Waals surface area contributed by atoms with Crippen LogP contribution in [-0.4, -0.2) is 67.6 Å². The molecule has 0 fully saturated rings. The third kappa shape index (κ3) is 11.6. The summed E-state index contributed by atoms with van der Waals surface area (Å²) < 4.78 is 0. The van der Waals surface area contributed by atoms with Crippen molar-refractivity contribution < 1.29 is 19.8 Å². The molecule has 0 aromatic heterocycles. The molecule has 0 heterocycles. The Labute approximate surface area is 88.4 Å². The van der Waals surface area contributed by atoms with Crippen LogP contribution in [0.15, 0.2) is 12.2 Å². The van der Waals surface area contributed by atoms with Gasteiger partial charge < -0.3 is 10.2 Å². The van der Waals surface area contributed by atoms with Crippen molar-refractivity contribution in [1.82, 2.24) is 0 Å². The average molecular weight is 206 g/mol. The first-order valence-corrected chi connectivity index (χ1v) is 1.77. The van der Waals surface area contributed by atoms with Gasteiger partial charge in [0, 0.05) is 12.2 Å². The molecule has 0 saturated carbocycles. The van der Waals surface area contributed by atoms with Crippen molar-refractivity contribution in [2.75, 3.05) is 0 Å². The van der Waals surface area contributed by atoms with E-state index in [0.29, 0.717) is 12.2 Å². The molecule has 48 valence electrons. The molecule has 0 bridgehead atoms. The first kappa shape index (κ1) is 11.9. The van der Waals surface area contributed by atoms with Crippen molar-refractivity contribution in [3.05, 3.63) is 12.2 Å². The minimum absolute atomic E-state index is 0. The summed E-state index contributed by atoms with van der Waals surface area (Å²) in [5.41, 5.74) is 0. The topological polar surface area (TPSA) is 74.6 Å². The van der Waals surface area contributed by atoms with Gasteiger partial charge >= 0.3 is 57.4 Å². The fourth-order valence-corrected chi connectivity index (χ4v) is 0.143. The Morgan fingerprint density at radius 1 is 1.00 bits per heavy atom. The zero-order chi connectivity index (χ0) is 6.57. The molecule has 0 saturated heterocycles. The van der Waals surface area contributed by atoms with E-state index in [0.717, 1.165) is 0 Å². The van der Waals surface area contributed by atoms with Gasteiger partial charge in [0.05, 0.1) is 0 Å². The van der Waals surface area contributed by atoms with Gasteiger partial charge in [0.2, 0.25) is 0 Å². The van der Waals surface area contributed by atoms with Crippen molar-refractivity contribution in [1.29, 1.82) is 0 Å². The molecule has 0 aromatic rings. The maximum absolute atomic E-state index is 9.55. The van der Waals surface area contributed by atoms with E-state index in [9.17, 15) is 9.59 Å². The summed E-state index contributed by atoms with van der Waals surface area (Å²) in [5.74, 6) is -2.51. The van der Waals surface area contributed by atoms with E-state index in [4.69, 9.17) is 10.2 Å². The molecule has 0 aliphatic carbocycles. The molecule has 0 unspecified atom stereocenters. The normalized spacial score (nSPS) is 8.44. The Bertz CT molecular complexity index is 124. The van der Waals surface area contributed by atoms with Gasteiger partial charge in [0.1, 0.15) is 0 Å². The fourth-order valence-electron chi connectivity index (χ4n) is 0.143. The van der Waals surface area contributed by atoms with E-state index < -0.39 is 11.9 Å². The Balaban J connectivity index is 0. The van der Waals surface area contributed by atoms with E-state index in [1.165, 1.54) is 0 Å². The number of hydrogen-bond acceptors (Lipinski definition) is 2. The standard InChI is InChI=1S/C4H4O4.Sr.2H/c5-3(6)1-2-4(7)8;;;/h1-2H,(H,5,6)(H,7,8);;;/b2-1-;;;. The van der Waals surface area contributed by atoms with Crippen molar-refractivity contribution in [2.24, 2.45) is 0 Å². The van der Waals surface area contributed by atoms with Gasteiger partial charge in [-0.1, -0.05) is 0 Å². The third-order valence-corrected chi connectivity index (χ3v) is 0.368. The van der Waals surface area contributed by atoms with Gasteiger partial charge in [-0.3, -0.25) is 0 Å². The number of hydrogen-bond donors (Lipinski definition) is 2. The van der Waals surface area contributed by atoms with Crippen molar-refractivity contribution >= 4 is 57.4 Å². The van der Waals surface area contributed by atoms with Crippen LogP contribution in [-0.2, 0) is 9.59 Å². The first-order chi connectivity index (χ1) is 3.63. The summed E-state index contributed by atoms with van der Waals surface area (Å²) in [5, 5.41) is 15.6. The number of rotatable bonds is 2. The fraction of sp³-hybridized carbons (Fsp3) is 0. The summed E-state index contributed by atoms with van der Waals surface area (Å²) in [6.07, 6.45) is 1.12. The number of carbonyl (C=O) groups is 2. The SMILES string of the molecule is O=C(O)/C=C\C(=O)O.[SrH2]. The van der Waals surface area contributed by atoms with E-state index in [2.05, 4.69) is 0 Å². The number of carboxylic acids is 2. The summed E-state index contributed by atoms with van der Waals surface area (Å²) in [6.45, 7) is 0. The second kappa shape index (κ2) is 6.28. The van der Waals surface area contributed by atoms with E-state index in [1.54, 1.807) is 0 Å². The van der Waals surface area contributed by atoms with Gasteiger partial charge in [0.15, 0.2) is 0 Å². The van der Waals surface area contributed by atoms with Crippen LogP contribution in [0.3, 0.4) is 0 Å². The number of aliphatic carboxylic acids is 2. The van der Waals surface area contributed by atoms with Gasteiger partial charge in [-0.25, -0.2) is 9.59 Å². The van der Waals surface area contributed by atoms with Crippen LogP contribution >= 0.6 is 0 Å². The van der Waals surface area contributed by atoms with Gasteiger partial charge in [-0.15, -0.1) is 0 Å². The molecule has 9 heavy (non-hydrogen) atoms. The molecule has 2 N–H and O–H groups in total. The van der Waals surface area contributed by atoms with Crippen molar-refractivity contribution in [3.63, 3.8) is 0 Å². The maximum atomic E-state index is 9.55. The Morgan fingerprint density at radius 2 is 1.22 bits per heavy atom. The molecule has 4 nitrogen and oxygen atoms in total. The van der Waals surface area contributed by atoms with Gasteiger partial charge in [-0.2, -0.15) is 0 Å². The quantitative estimate of drug-likeness (QED) is 0.439. The average Bonchev–Trinajstić information content (AvgIpc) is 1.61. The monoisotopic (exact) mass is 206 g/mol. The summed E-state index contributed by atoms with van der Waals surface area (Å²) in [7, 11) is 0. The molecular formula is C4H6O4Sr. The third-order valence-electron chi connectivity index (χ3n) is 0.368. The van der Waals surface area contributed by atoms with Gasteiger partial charge in [0.25, 0.3) is 0 Å². The van der Waals surface area contributed by atoms with E-state index in [-0.39, 0.29) is 45.5 Å². The Hall–Kier alpha value is 0.161. The molecule has 0 aliphatic heterocycles. The molecule has 0 atom stereocenters. The van der Waals surface area contributed by atoms with E-state index in [1.807, 2.05) is 0 Å². The second-order valence-electron chi connectivity index (χ2n) is 1.01. The number of carboxylic acid groups (broad SMARTS) is 2. The van der Waals surface area contributed by atoms with Crippen LogP contribution in [0.25, 0.3) is 0 Å². The predicted octanol–water partition coefficient (Wildman–Crippen LogP) is -1.20. The van der Waals surface area contributed by atoms with Crippen LogP contribution in [0.5, 0.6) is 0 Å². The minimum atomic E-state index is -1.26. The van der Waals surface area contributed by atoms with Crippen molar-refractivity contribution in [2.45, 2.75) is 0 Å². The molecule has 0 rings (SSSR count). The van der Waals surface area contributed by atoms with Gasteiger partial charge in [-0.05, 0) is 0 Å². The van der Waals surface area contributed by atoms with E-state index >= 15 is 0 Å². The van der Waals surface area contributed by atoms with Crippen LogP contribution in [0.1, 0.15) is 0 Å². The van der Waals surface area contributed by atoms with Crippen LogP contribution < -0.4 is 0 Å². The summed E-state index contributed by atoms with van der Waals surface area (Å²) in [4.78, 5) is 19.1. The second-order valence-corrected chi connectivity index (χ2v) is 1.01. The first-order valence-electron chi connectivity index (χ1n) is 1.77. The Kier molecular flexibility index (Phi) is 8.31. The summed E-state index contributed by atoms with van der Waals surface area (Å²) >= 11 is 0. The Morgan fingerprint density at radius 3 is 1.33 bits per heavy atom. The molecule has 0 spiro atoms. The molecule has 0 aliphatic rings. The zero-order valence-electron chi connectivity index (χ0n) is 3.87. The molecule has 0 aromatic carbocycles. The van der Waals surface area contributed by atoms with Crippen LogP contribution in [0, 0.1) is 0 Å².